The van der Waals surface area contributed by atoms with Gasteiger partial charge in [0.2, 0.25) is 15.9 Å². The SMILES string of the molecule is N=C(N)c1cccc(CC(C(=O)Nc2ccc(-c3ccccc3S(N)(=O)=O)cc2)c2ccccn2)c1. The highest BCUT2D eigenvalue weighted by molar-refractivity contribution is 7.89. The number of nitrogens with two attached hydrogens (primary N) is 2. The molecule has 0 aliphatic heterocycles. The molecule has 9 heteroatoms. The number of pyridine rings is 1. The second kappa shape index (κ2) is 10.5. The van der Waals surface area contributed by atoms with Gasteiger partial charge >= 0.3 is 0 Å². The van der Waals surface area contributed by atoms with Crippen LogP contribution in [0.15, 0.2) is 102 Å². The summed E-state index contributed by atoms with van der Waals surface area (Å²) in [6.45, 7) is 0. The number of primary sulfonamides is 1. The van der Waals surface area contributed by atoms with Gasteiger partial charge in [-0.2, -0.15) is 0 Å². The fourth-order valence-electron chi connectivity index (χ4n) is 3.93. The van der Waals surface area contributed by atoms with Crippen molar-refractivity contribution in [2.45, 2.75) is 17.2 Å². The molecule has 36 heavy (non-hydrogen) atoms. The van der Waals surface area contributed by atoms with Crippen molar-refractivity contribution in [1.29, 1.82) is 5.41 Å². The molecular weight excluding hydrogens is 474 g/mol. The Labute approximate surface area is 209 Å². The Bertz CT molecular complexity index is 1500. The first-order valence-corrected chi connectivity index (χ1v) is 12.6. The summed E-state index contributed by atoms with van der Waals surface area (Å²) >= 11 is 0. The van der Waals surface area contributed by atoms with Gasteiger partial charge in [0.05, 0.1) is 16.5 Å². The largest absolute Gasteiger partial charge is 0.384 e. The molecule has 0 fully saturated rings. The Morgan fingerprint density at radius 1 is 0.944 bits per heavy atom. The molecule has 0 spiro atoms. The zero-order valence-electron chi connectivity index (χ0n) is 19.3. The summed E-state index contributed by atoms with van der Waals surface area (Å²) in [6, 6.07) is 26.0. The second-order valence-electron chi connectivity index (χ2n) is 8.23. The van der Waals surface area contributed by atoms with Crippen molar-refractivity contribution in [3.63, 3.8) is 0 Å². The van der Waals surface area contributed by atoms with E-state index in [-0.39, 0.29) is 16.6 Å². The Morgan fingerprint density at radius 3 is 2.33 bits per heavy atom. The number of aromatic nitrogens is 1. The summed E-state index contributed by atoms with van der Waals surface area (Å²) in [5, 5.41) is 16.0. The normalized spacial score (nSPS) is 12.0. The van der Waals surface area contributed by atoms with Gasteiger partial charge in [0.25, 0.3) is 0 Å². The highest BCUT2D eigenvalue weighted by Gasteiger charge is 2.23. The summed E-state index contributed by atoms with van der Waals surface area (Å²) in [4.78, 5) is 17.8. The molecule has 6 N–H and O–H groups in total. The van der Waals surface area contributed by atoms with E-state index in [1.54, 1.807) is 79.0 Å². The molecule has 0 aliphatic rings. The van der Waals surface area contributed by atoms with E-state index in [4.69, 9.17) is 16.3 Å². The van der Waals surface area contributed by atoms with Gasteiger partial charge in [-0.05, 0) is 53.9 Å². The molecule has 0 saturated heterocycles. The van der Waals surface area contributed by atoms with Gasteiger partial charge in [-0.15, -0.1) is 0 Å². The first-order valence-electron chi connectivity index (χ1n) is 11.1. The minimum Gasteiger partial charge on any atom is -0.384 e. The van der Waals surface area contributed by atoms with Crippen LogP contribution in [0, 0.1) is 5.41 Å². The molecular formula is C27H25N5O3S. The standard InChI is InChI=1S/C27H25N5O3S/c28-26(29)20-7-5-6-18(16-20)17-23(24-9-3-4-15-31-24)27(33)32-21-13-11-19(12-14-21)22-8-1-2-10-25(22)36(30,34)35/h1-16,23H,17H2,(H3,28,29)(H,32,33)(H2,30,34,35). The molecule has 4 aromatic rings. The predicted molar refractivity (Wildman–Crippen MR) is 140 cm³/mol. The van der Waals surface area contributed by atoms with Gasteiger partial charge in [-0.3, -0.25) is 15.2 Å². The number of rotatable bonds is 8. The molecule has 0 aliphatic carbocycles. The first kappa shape index (κ1) is 24.8. The van der Waals surface area contributed by atoms with Crippen LogP contribution in [0.2, 0.25) is 0 Å². The monoisotopic (exact) mass is 499 g/mol. The lowest BCUT2D eigenvalue weighted by molar-refractivity contribution is -0.117. The van der Waals surface area contributed by atoms with E-state index >= 15 is 0 Å². The minimum atomic E-state index is -3.89. The number of amidine groups is 1. The lowest BCUT2D eigenvalue weighted by Crippen LogP contribution is -2.24. The van der Waals surface area contributed by atoms with Gasteiger partial charge in [-0.25, -0.2) is 13.6 Å². The zero-order valence-corrected chi connectivity index (χ0v) is 20.1. The number of hydrogen-bond acceptors (Lipinski definition) is 5. The summed E-state index contributed by atoms with van der Waals surface area (Å²) in [7, 11) is -3.89. The quantitative estimate of drug-likeness (QED) is 0.215. The molecule has 3 aromatic carbocycles. The fourth-order valence-corrected chi connectivity index (χ4v) is 4.69. The van der Waals surface area contributed by atoms with Gasteiger partial charge in [0.15, 0.2) is 0 Å². The average molecular weight is 500 g/mol. The number of hydrogen-bond donors (Lipinski definition) is 4. The first-order chi connectivity index (χ1) is 17.2. The molecule has 1 amide bonds. The highest BCUT2D eigenvalue weighted by atomic mass is 32.2. The smallest absolute Gasteiger partial charge is 0.238 e. The molecule has 1 unspecified atom stereocenters. The van der Waals surface area contributed by atoms with Crippen molar-refractivity contribution < 1.29 is 13.2 Å². The number of nitrogens with one attached hydrogen (secondary N) is 2. The average Bonchev–Trinajstić information content (AvgIpc) is 2.88. The van der Waals surface area contributed by atoms with Crippen molar-refractivity contribution in [3.8, 4) is 11.1 Å². The summed E-state index contributed by atoms with van der Waals surface area (Å²) < 4.78 is 23.9. The topological polar surface area (TPSA) is 152 Å². The van der Waals surface area contributed by atoms with Crippen LogP contribution < -0.4 is 16.2 Å². The molecule has 1 atom stereocenters. The highest BCUT2D eigenvalue weighted by Crippen LogP contribution is 2.28. The van der Waals surface area contributed by atoms with Crippen LogP contribution in [-0.4, -0.2) is 25.1 Å². The van der Waals surface area contributed by atoms with Gasteiger partial charge in [0, 0.05) is 23.0 Å². The third kappa shape index (κ3) is 5.83. The van der Waals surface area contributed by atoms with Crippen LogP contribution >= 0.6 is 0 Å². The Kier molecular flexibility index (Phi) is 7.23. The number of amides is 1. The van der Waals surface area contributed by atoms with Gasteiger partial charge in [-0.1, -0.05) is 54.6 Å². The van der Waals surface area contributed by atoms with Crippen LogP contribution in [0.5, 0.6) is 0 Å². The third-order valence-corrected chi connectivity index (χ3v) is 6.67. The lowest BCUT2D eigenvalue weighted by atomic mass is 9.93. The van der Waals surface area contributed by atoms with E-state index in [1.807, 2.05) is 12.1 Å². The molecule has 0 saturated carbocycles. The minimum absolute atomic E-state index is 0.0322. The number of anilines is 1. The van der Waals surface area contributed by atoms with E-state index in [0.717, 1.165) is 5.56 Å². The molecule has 4 rings (SSSR count). The maximum atomic E-state index is 13.4. The maximum Gasteiger partial charge on any atom is 0.238 e. The molecule has 1 aromatic heterocycles. The van der Waals surface area contributed by atoms with Crippen molar-refractivity contribution in [3.05, 3.63) is 114 Å². The zero-order chi connectivity index (χ0) is 25.7. The van der Waals surface area contributed by atoms with Crippen LogP contribution in [0.1, 0.15) is 22.7 Å². The van der Waals surface area contributed by atoms with Gasteiger partial charge < -0.3 is 11.1 Å². The number of carbonyl (C=O) groups is 1. The van der Waals surface area contributed by atoms with E-state index in [2.05, 4.69) is 10.3 Å². The second-order valence-corrected chi connectivity index (χ2v) is 9.76. The van der Waals surface area contributed by atoms with Crippen molar-refractivity contribution >= 4 is 27.5 Å². The number of nitrogens with zero attached hydrogens (tertiary/aromatic N) is 1. The van der Waals surface area contributed by atoms with Crippen molar-refractivity contribution in [2.24, 2.45) is 10.9 Å². The number of nitrogen functional groups attached to an aromatic ring is 1. The molecule has 1 heterocycles. The molecule has 0 radical (unpaired) electrons. The molecule has 0 bridgehead atoms. The van der Waals surface area contributed by atoms with Crippen molar-refractivity contribution in [2.75, 3.05) is 5.32 Å². The van der Waals surface area contributed by atoms with Crippen LogP contribution in [0.3, 0.4) is 0 Å². The molecule has 182 valence electrons. The van der Waals surface area contributed by atoms with E-state index in [0.29, 0.717) is 34.5 Å². The van der Waals surface area contributed by atoms with Crippen LogP contribution in [0.25, 0.3) is 11.1 Å². The van der Waals surface area contributed by atoms with Crippen LogP contribution in [-0.2, 0) is 21.2 Å². The van der Waals surface area contributed by atoms with Crippen molar-refractivity contribution in [1.82, 2.24) is 4.98 Å². The lowest BCUT2D eigenvalue weighted by Gasteiger charge is -2.17. The number of benzene rings is 3. The summed E-state index contributed by atoms with van der Waals surface area (Å²) in [5.41, 5.74) is 9.36. The molecule has 8 nitrogen and oxygen atoms in total. The maximum absolute atomic E-state index is 13.4. The Morgan fingerprint density at radius 2 is 1.67 bits per heavy atom. The van der Waals surface area contributed by atoms with Crippen LogP contribution in [0.4, 0.5) is 5.69 Å². The summed E-state index contributed by atoms with van der Waals surface area (Å²) in [6.07, 6.45) is 2.00. The fraction of sp³-hybridized carbons (Fsp3) is 0.0741. The number of carbonyl (C=O) groups excluding carboxylic acids is 1. The van der Waals surface area contributed by atoms with E-state index in [1.165, 1.54) is 6.07 Å². The summed E-state index contributed by atoms with van der Waals surface area (Å²) in [5.74, 6) is -0.879. The third-order valence-electron chi connectivity index (χ3n) is 5.70. The van der Waals surface area contributed by atoms with E-state index in [9.17, 15) is 13.2 Å². The Balaban J connectivity index is 1.59. The predicted octanol–water partition coefficient (Wildman–Crippen LogP) is 3.65. The van der Waals surface area contributed by atoms with Gasteiger partial charge in [0.1, 0.15) is 5.84 Å². The number of sulfonamides is 1. The Hall–Kier alpha value is -4.34. The van der Waals surface area contributed by atoms with E-state index < -0.39 is 15.9 Å².